The van der Waals surface area contributed by atoms with Gasteiger partial charge in [-0.15, -0.1) is 45.3 Å². The van der Waals surface area contributed by atoms with Gasteiger partial charge in [-0.2, -0.15) is 105 Å². The van der Waals surface area contributed by atoms with Crippen molar-refractivity contribution in [3.05, 3.63) is 55.3 Å². The summed E-state index contributed by atoms with van der Waals surface area (Å²) in [5.41, 5.74) is -22.1. The first-order chi connectivity index (χ1) is 24.9. The maximum Gasteiger partial charge on any atom is 0.380 e. The summed E-state index contributed by atoms with van der Waals surface area (Å²) in [5, 5.41) is -0.568. The van der Waals surface area contributed by atoms with Gasteiger partial charge in [0.2, 0.25) is 0 Å². The van der Waals surface area contributed by atoms with Gasteiger partial charge < -0.3 is 0 Å². The molecule has 4 aromatic heterocycles. The lowest BCUT2D eigenvalue weighted by Crippen LogP contribution is -2.44. The highest BCUT2D eigenvalue weighted by Gasteiger charge is 2.85. The van der Waals surface area contributed by atoms with Crippen LogP contribution in [0.4, 0.5) is 105 Å². The summed E-state index contributed by atoms with van der Waals surface area (Å²) in [4.78, 5) is -13.4. The first-order valence-corrected chi connectivity index (χ1v) is 17.5. The van der Waals surface area contributed by atoms with Crippen LogP contribution in [-0.2, 0) is 47.4 Å². The van der Waals surface area contributed by atoms with E-state index in [4.69, 9.17) is 0 Å². The number of hydrogen-bond donors (Lipinski definition) is 0. The topological polar surface area (TPSA) is 0 Å². The molecule has 8 rings (SSSR count). The van der Waals surface area contributed by atoms with Crippen LogP contribution >= 0.6 is 45.3 Å². The molecule has 4 aliphatic rings. The van der Waals surface area contributed by atoms with Crippen LogP contribution < -0.4 is 0 Å². The fraction of sp³-hybridized carbons (Fsp3) is 0.429. The molecular formula is C28H2F24S4. The van der Waals surface area contributed by atoms with Crippen LogP contribution in [0.3, 0.4) is 0 Å². The monoisotopic (exact) mass is 922 g/mol. The number of thiophene rings is 4. The maximum atomic E-state index is 15.5. The van der Waals surface area contributed by atoms with Gasteiger partial charge in [-0.05, 0) is 0 Å². The van der Waals surface area contributed by atoms with E-state index < -0.39 is 190 Å². The van der Waals surface area contributed by atoms with E-state index in [1.54, 1.807) is 0 Å². The number of halogens is 24. The number of rotatable bonds is 3. The molecule has 4 heterocycles. The zero-order valence-corrected chi connectivity index (χ0v) is 28.1. The van der Waals surface area contributed by atoms with Crippen LogP contribution in [0.15, 0.2) is 10.8 Å². The van der Waals surface area contributed by atoms with Crippen molar-refractivity contribution in [2.45, 2.75) is 71.1 Å². The summed E-state index contributed by atoms with van der Waals surface area (Å²) in [6.45, 7) is 0. The van der Waals surface area contributed by atoms with E-state index in [2.05, 4.69) is 0 Å². The minimum Gasteiger partial charge on any atom is -0.194 e. The predicted octanol–water partition coefficient (Wildman–Crippen LogP) is 14.3. The number of hydrogen-bond acceptors (Lipinski definition) is 4. The Balaban J connectivity index is 1.52. The van der Waals surface area contributed by atoms with Crippen LogP contribution in [0, 0.1) is 0 Å². The quantitative estimate of drug-likeness (QED) is 0.180. The van der Waals surface area contributed by atoms with Gasteiger partial charge in [-0.25, -0.2) is 0 Å². The van der Waals surface area contributed by atoms with Crippen molar-refractivity contribution in [2.24, 2.45) is 0 Å². The zero-order valence-electron chi connectivity index (χ0n) is 24.9. The molecule has 306 valence electrons. The van der Waals surface area contributed by atoms with Gasteiger partial charge in [0.25, 0.3) is 0 Å². The normalized spacial score (nSPS) is 27.2. The zero-order chi connectivity index (χ0) is 42.3. The number of alkyl halides is 24. The van der Waals surface area contributed by atoms with Gasteiger partial charge in [0.1, 0.15) is 0 Å². The summed E-state index contributed by atoms with van der Waals surface area (Å²) < 4.78 is 358. The SMILES string of the molecule is FC1(F)c2csc(-c3sc(-c4sc(-c5scc6c5C(F)(F)C(F)(F)C6(F)F)c5c4C(F)(F)C(F)(F)C5(F)F)c4c3C(F)(F)C(F)(F)C4(F)F)c2C(F)(F)C1(F)F. The Hall–Kier alpha value is -2.88. The molecule has 0 spiro atoms. The molecule has 4 aliphatic carbocycles. The lowest BCUT2D eigenvalue weighted by atomic mass is 10.0. The summed E-state index contributed by atoms with van der Waals surface area (Å²) >= 11 is -3.69. The van der Waals surface area contributed by atoms with Gasteiger partial charge >= 0.3 is 71.1 Å². The Bertz CT molecular complexity index is 2250. The Morgan fingerprint density at radius 1 is 0.250 bits per heavy atom. The van der Waals surface area contributed by atoms with E-state index in [1.807, 2.05) is 0 Å². The molecule has 28 heteroatoms. The molecule has 4 aromatic rings. The van der Waals surface area contributed by atoms with E-state index >= 15 is 35.1 Å². The minimum atomic E-state index is -6.84. The first kappa shape index (κ1) is 39.9. The molecule has 0 nitrogen and oxygen atoms in total. The summed E-state index contributed by atoms with van der Waals surface area (Å²) in [6.07, 6.45) is 0. The summed E-state index contributed by atoms with van der Waals surface area (Å²) in [5.74, 6) is -76.7. The molecule has 0 amide bonds. The van der Waals surface area contributed by atoms with Crippen LogP contribution in [0.2, 0.25) is 0 Å². The Morgan fingerprint density at radius 2 is 0.446 bits per heavy atom. The fourth-order valence-corrected chi connectivity index (χ4v) is 12.3. The van der Waals surface area contributed by atoms with E-state index in [0.29, 0.717) is 0 Å². The van der Waals surface area contributed by atoms with Crippen molar-refractivity contribution in [1.29, 1.82) is 0 Å². The minimum absolute atomic E-state index is 0.284. The Labute approximate surface area is 305 Å². The summed E-state index contributed by atoms with van der Waals surface area (Å²) in [7, 11) is 0. The number of fused-ring (bicyclic) bond motifs is 4. The van der Waals surface area contributed by atoms with Crippen LogP contribution in [0.5, 0.6) is 0 Å². The summed E-state index contributed by atoms with van der Waals surface area (Å²) in [6, 6.07) is 0. The molecule has 0 bridgehead atoms. The molecule has 0 fully saturated rings. The standard InChI is InChI=1S/C28H2F24S4/c29-17(30)3-1-53-11(5(3)19(33,34)25(17,45)46)13-7-9(23(41,42)27(49,50)21(7,37)38)15(55-13)16-10-8(22(39,40)28(51,52)24(10,43)44)14(56-16)12-6-4(2-54-12)18(31,32)26(47,48)20(6,35)36/h1-2H. The van der Waals surface area contributed by atoms with Gasteiger partial charge in [0.05, 0.1) is 62.6 Å². The van der Waals surface area contributed by atoms with E-state index in [0.717, 1.165) is 0 Å². The Morgan fingerprint density at radius 3 is 0.696 bits per heavy atom. The first-order valence-electron chi connectivity index (χ1n) is 14.1. The van der Waals surface area contributed by atoms with Gasteiger partial charge in [-0.1, -0.05) is 0 Å². The second-order valence-corrected chi connectivity index (χ2v) is 16.4. The van der Waals surface area contributed by atoms with Crippen molar-refractivity contribution in [2.75, 3.05) is 0 Å². The van der Waals surface area contributed by atoms with Crippen molar-refractivity contribution in [1.82, 2.24) is 0 Å². The second kappa shape index (κ2) is 9.93. The second-order valence-electron chi connectivity index (χ2n) is 12.6. The van der Waals surface area contributed by atoms with Gasteiger partial charge in [-0.3, -0.25) is 0 Å². The van der Waals surface area contributed by atoms with Crippen LogP contribution in [-0.4, -0.2) is 23.7 Å². The molecule has 56 heavy (non-hydrogen) atoms. The van der Waals surface area contributed by atoms with Crippen molar-refractivity contribution >= 4 is 45.3 Å². The average molecular weight is 923 g/mol. The fourth-order valence-electron chi connectivity index (χ4n) is 6.90. The van der Waals surface area contributed by atoms with Gasteiger partial charge in [0, 0.05) is 21.9 Å². The molecule has 0 aromatic carbocycles. The van der Waals surface area contributed by atoms with E-state index in [9.17, 15) is 70.2 Å². The highest BCUT2D eigenvalue weighted by atomic mass is 32.1. The van der Waals surface area contributed by atoms with Crippen molar-refractivity contribution in [3.8, 4) is 29.3 Å². The van der Waals surface area contributed by atoms with Crippen LogP contribution in [0.1, 0.15) is 44.5 Å². The average Bonchev–Trinajstić information content (AvgIpc) is 3.88. The molecular weight excluding hydrogens is 921 g/mol. The molecule has 0 saturated carbocycles. The maximum absolute atomic E-state index is 15.5. The highest BCUT2D eigenvalue weighted by molar-refractivity contribution is 7.29. The van der Waals surface area contributed by atoms with Gasteiger partial charge in [0.15, 0.2) is 0 Å². The van der Waals surface area contributed by atoms with E-state index in [1.165, 1.54) is 0 Å². The Kier molecular flexibility index (Phi) is 7.08. The third kappa shape index (κ3) is 3.67. The molecule has 0 aliphatic heterocycles. The predicted molar refractivity (Wildman–Crippen MR) is 145 cm³/mol. The molecule has 0 saturated heterocycles. The lowest BCUT2D eigenvalue weighted by molar-refractivity contribution is -0.302. The van der Waals surface area contributed by atoms with Crippen molar-refractivity contribution in [3.63, 3.8) is 0 Å². The molecule has 0 atom stereocenters. The molecule has 0 N–H and O–H groups in total. The smallest absolute Gasteiger partial charge is 0.194 e. The van der Waals surface area contributed by atoms with Crippen LogP contribution in [0.25, 0.3) is 29.3 Å². The molecule has 0 unspecified atom stereocenters. The largest absolute Gasteiger partial charge is 0.380 e. The van der Waals surface area contributed by atoms with E-state index in [-0.39, 0.29) is 10.8 Å². The van der Waals surface area contributed by atoms with Crippen molar-refractivity contribution < 1.29 is 105 Å². The highest BCUT2D eigenvalue weighted by Crippen LogP contribution is 2.76. The lowest BCUT2D eigenvalue weighted by Gasteiger charge is -2.26. The third-order valence-electron chi connectivity index (χ3n) is 9.73. The molecule has 0 radical (unpaired) electrons. The third-order valence-corrected chi connectivity index (χ3v) is 14.6.